The van der Waals surface area contributed by atoms with Crippen molar-refractivity contribution in [1.29, 1.82) is 0 Å². The van der Waals surface area contributed by atoms with Gasteiger partial charge < -0.3 is 14.4 Å². The number of hydrogen-bond acceptors (Lipinski definition) is 3. The Hall–Kier alpha value is -2.26. The average Bonchev–Trinajstić information content (AvgIpc) is 3.05. The van der Waals surface area contributed by atoms with Crippen molar-refractivity contribution < 1.29 is 9.47 Å². The fourth-order valence-corrected chi connectivity index (χ4v) is 4.54. The molecule has 0 bridgehead atoms. The summed E-state index contributed by atoms with van der Waals surface area (Å²) in [7, 11) is 3.97. The molecule has 136 valence electrons. The first kappa shape index (κ1) is 17.2. The molecule has 2 aliphatic rings. The summed E-state index contributed by atoms with van der Waals surface area (Å²) in [5, 5.41) is 0. The summed E-state index contributed by atoms with van der Waals surface area (Å²) in [6, 6.07) is 17.3. The Kier molecular flexibility index (Phi) is 4.73. The van der Waals surface area contributed by atoms with Gasteiger partial charge in [-0.2, -0.15) is 0 Å². The van der Waals surface area contributed by atoms with Gasteiger partial charge >= 0.3 is 0 Å². The summed E-state index contributed by atoms with van der Waals surface area (Å²) >= 11 is 0. The Morgan fingerprint density at radius 2 is 1.96 bits per heavy atom. The number of allylic oxidation sites excluding steroid dienone is 1. The molecule has 1 heterocycles. The minimum atomic E-state index is 0.109. The van der Waals surface area contributed by atoms with Crippen molar-refractivity contribution in [1.82, 2.24) is 4.90 Å². The zero-order valence-corrected chi connectivity index (χ0v) is 15.7. The smallest absolute Gasteiger partial charge is 0.161 e. The van der Waals surface area contributed by atoms with Gasteiger partial charge in [0.25, 0.3) is 0 Å². The van der Waals surface area contributed by atoms with Crippen LogP contribution in [0.3, 0.4) is 0 Å². The van der Waals surface area contributed by atoms with Crippen molar-refractivity contribution in [3.8, 4) is 11.5 Å². The lowest BCUT2D eigenvalue weighted by Crippen LogP contribution is -2.41. The highest BCUT2D eigenvalue weighted by molar-refractivity contribution is 5.48. The van der Waals surface area contributed by atoms with Crippen LogP contribution in [-0.4, -0.2) is 31.6 Å². The van der Waals surface area contributed by atoms with E-state index in [0.717, 1.165) is 30.0 Å². The lowest BCUT2D eigenvalue weighted by atomic mass is 9.70. The standard InChI is InChI=1S/C23H27NO2/c1-24-15-14-23(13-7-6-10-22(23)24)19-11-12-20(21(16-19)25-2)26-17-18-8-4-3-5-9-18/h3-5,7-9,11-13,16,22H,6,10,14-15,17H2,1-2H3/t22?,23-/m0/s1. The molecule has 0 aromatic heterocycles. The Balaban J connectivity index is 1.61. The molecule has 2 aromatic rings. The van der Waals surface area contributed by atoms with Crippen molar-refractivity contribution in [2.24, 2.45) is 0 Å². The van der Waals surface area contributed by atoms with Gasteiger partial charge in [-0.05, 0) is 56.1 Å². The molecule has 0 N–H and O–H groups in total. The topological polar surface area (TPSA) is 21.7 Å². The van der Waals surface area contributed by atoms with Gasteiger partial charge in [0.05, 0.1) is 7.11 Å². The summed E-state index contributed by atoms with van der Waals surface area (Å²) in [6.07, 6.45) is 8.34. The molecule has 3 nitrogen and oxygen atoms in total. The summed E-state index contributed by atoms with van der Waals surface area (Å²) in [5.41, 5.74) is 2.61. The second-order valence-corrected chi connectivity index (χ2v) is 7.41. The predicted octanol–water partition coefficient (Wildman–Crippen LogP) is 4.57. The van der Waals surface area contributed by atoms with E-state index in [4.69, 9.17) is 9.47 Å². The minimum absolute atomic E-state index is 0.109. The maximum absolute atomic E-state index is 6.03. The molecule has 0 amide bonds. The number of likely N-dealkylation sites (N-methyl/N-ethyl adjacent to an activating group) is 1. The first-order chi connectivity index (χ1) is 12.7. The molecule has 1 saturated heterocycles. The van der Waals surface area contributed by atoms with Gasteiger partial charge in [-0.1, -0.05) is 48.6 Å². The monoisotopic (exact) mass is 349 g/mol. The first-order valence-electron chi connectivity index (χ1n) is 9.46. The highest BCUT2D eigenvalue weighted by Crippen LogP contribution is 2.47. The molecule has 0 radical (unpaired) electrons. The van der Waals surface area contributed by atoms with E-state index in [0.29, 0.717) is 12.6 Å². The third-order valence-corrected chi connectivity index (χ3v) is 5.97. The fourth-order valence-electron chi connectivity index (χ4n) is 4.54. The van der Waals surface area contributed by atoms with E-state index >= 15 is 0 Å². The number of hydrogen-bond donors (Lipinski definition) is 0. The molecule has 0 spiro atoms. The highest BCUT2D eigenvalue weighted by atomic mass is 16.5. The molecule has 26 heavy (non-hydrogen) atoms. The van der Waals surface area contributed by atoms with E-state index < -0.39 is 0 Å². The summed E-state index contributed by atoms with van der Waals surface area (Å²) in [6.45, 7) is 1.69. The summed E-state index contributed by atoms with van der Waals surface area (Å²) in [4.78, 5) is 2.51. The SMILES string of the molecule is COc1cc([C@@]23C=CCCC2N(C)CC3)ccc1OCc1ccccc1. The normalized spacial score (nSPS) is 25.1. The molecular weight excluding hydrogens is 322 g/mol. The van der Waals surface area contributed by atoms with Crippen molar-refractivity contribution >= 4 is 0 Å². The molecule has 2 atom stereocenters. The predicted molar refractivity (Wildman–Crippen MR) is 105 cm³/mol. The number of nitrogens with zero attached hydrogens (tertiary/aromatic N) is 1. The number of benzene rings is 2. The van der Waals surface area contributed by atoms with E-state index in [1.165, 1.54) is 18.4 Å². The molecule has 4 rings (SSSR count). The van der Waals surface area contributed by atoms with Gasteiger partial charge in [0.1, 0.15) is 6.61 Å². The van der Waals surface area contributed by atoms with E-state index in [9.17, 15) is 0 Å². The molecule has 1 aliphatic heterocycles. The fraction of sp³-hybridized carbons (Fsp3) is 0.391. The van der Waals surface area contributed by atoms with E-state index in [1.807, 2.05) is 18.2 Å². The van der Waals surface area contributed by atoms with E-state index in [2.05, 4.69) is 54.4 Å². The van der Waals surface area contributed by atoms with Crippen LogP contribution in [0.1, 0.15) is 30.4 Å². The minimum Gasteiger partial charge on any atom is -0.493 e. The highest BCUT2D eigenvalue weighted by Gasteiger charge is 2.46. The lowest BCUT2D eigenvalue weighted by Gasteiger charge is -2.38. The summed E-state index contributed by atoms with van der Waals surface area (Å²) in [5.74, 6) is 1.62. The third-order valence-electron chi connectivity index (χ3n) is 5.97. The van der Waals surface area contributed by atoms with E-state index in [-0.39, 0.29) is 5.41 Å². The van der Waals surface area contributed by atoms with Crippen LogP contribution in [0.2, 0.25) is 0 Å². The van der Waals surface area contributed by atoms with Crippen LogP contribution in [0, 0.1) is 0 Å². The Morgan fingerprint density at radius 3 is 2.77 bits per heavy atom. The van der Waals surface area contributed by atoms with Crippen molar-refractivity contribution in [2.45, 2.75) is 37.3 Å². The zero-order chi connectivity index (χ0) is 18.0. The maximum atomic E-state index is 6.03. The Labute approximate surface area is 156 Å². The van der Waals surface area contributed by atoms with Crippen LogP contribution in [0.25, 0.3) is 0 Å². The largest absolute Gasteiger partial charge is 0.493 e. The maximum Gasteiger partial charge on any atom is 0.161 e. The number of likely N-dealkylation sites (tertiary alicyclic amines) is 1. The molecule has 2 aromatic carbocycles. The average molecular weight is 349 g/mol. The van der Waals surface area contributed by atoms with Crippen LogP contribution < -0.4 is 9.47 Å². The van der Waals surface area contributed by atoms with Gasteiger partial charge in [-0.15, -0.1) is 0 Å². The molecule has 3 heteroatoms. The number of ether oxygens (including phenoxy) is 2. The lowest BCUT2D eigenvalue weighted by molar-refractivity contribution is 0.248. The third kappa shape index (κ3) is 3.01. The van der Waals surface area contributed by atoms with Gasteiger partial charge in [0, 0.05) is 11.5 Å². The van der Waals surface area contributed by atoms with E-state index in [1.54, 1.807) is 7.11 Å². The number of rotatable bonds is 5. The second-order valence-electron chi connectivity index (χ2n) is 7.41. The molecule has 1 unspecified atom stereocenters. The van der Waals surface area contributed by atoms with Crippen LogP contribution in [0.5, 0.6) is 11.5 Å². The number of methoxy groups -OCH3 is 1. The second kappa shape index (κ2) is 7.16. The molecule has 0 saturated carbocycles. The van der Waals surface area contributed by atoms with Gasteiger partial charge in [-0.25, -0.2) is 0 Å². The first-order valence-corrected chi connectivity index (χ1v) is 9.46. The van der Waals surface area contributed by atoms with Crippen LogP contribution in [-0.2, 0) is 12.0 Å². The van der Waals surface area contributed by atoms with Gasteiger partial charge in [0.2, 0.25) is 0 Å². The van der Waals surface area contributed by atoms with Crippen LogP contribution in [0.4, 0.5) is 0 Å². The molecule has 1 fully saturated rings. The van der Waals surface area contributed by atoms with Gasteiger partial charge in [-0.3, -0.25) is 0 Å². The molecule has 1 aliphatic carbocycles. The van der Waals surface area contributed by atoms with Crippen molar-refractivity contribution in [2.75, 3.05) is 20.7 Å². The van der Waals surface area contributed by atoms with Crippen molar-refractivity contribution in [3.63, 3.8) is 0 Å². The Bertz CT molecular complexity index is 786. The number of fused-ring (bicyclic) bond motifs is 1. The van der Waals surface area contributed by atoms with Crippen molar-refractivity contribution in [3.05, 3.63) is 71.8 Å². The van der Waals surface area contributed by atoms with Gasteiger partial charge in [0.15, 0.2) is 11.5 Å². The molecular formula is C23H27NO2. The van der Waals surface area contributed by atoms with Crippen LogP contribution in [0.15, 0.2) is 60.7 Å². The summed E-state index contributed by atoms with van der Waals surface area (Å²) < 4.78 is 11.7. The zero-order valence-electron chi connectivity index (χ0n) is 15.7. The van der Waals surface area contributed by atoms with Crippen LogP contribution >= 0.6 is 0 Å². The quantitative estimate of drug-likeness (QED) is 0.738. The Morgan fingerprint density at radius 1 is 1.12 bits per heavy atom.